The van der Waals surface area contributed by atoms with E-state index in [-0.39, 0.29) is 0 Å². The van der Waals surface area contributed by atoms with E-state index in [1.54, 1.807) is 4.88 Å². The molecule has 0 fully saturated rings. The van der Waals surface area contributed by atoms with Crippen LogP contribution in [0.4, 0.5) is 5.95 Å². The zero-order valence-electron chi connectivity index (χ0n) is 10.9. The summed E-state index contributed by atoms with van der Waals surface area (Å²) in [5.41, 5.74) is 1.52. The lowest BCUT2D eigenvalue weighted by molar-refractivity contribution is 0.771. The van der Waals surface area contributed by atoms with Gasteiger partial charge in [-0.25, -0.2) is 0 Å². The number of rotatable bonds is 4. The summed E-state index contributed by atoms with van der Waals surface area (Å²) in [4.78, 5) is 2.80. The number of nitrogens with zero attached hydrogens (tertiary/aromatic N) is 3. The lowest BCUT2D eigenvalue weighted by Gasteiger charge is -2.06. The van der Waals surface area contributed by atoms with E-state index in [2.05, 4.69) is 40.0 Å². The minimum atomic E-state index is 0.874. The molecule has 2 aromatic heterocycles. The van der Waals surface area contributed by atoms with E-state index < -0.39 is 0 Å². The highest BCUT2D eigenvalue weighted by molar-refractivity contribution is 7.15. The molecule has 96 valence electrons. The van der Waals surface area contributed by atoms with Gasteiger partial charge in [0.05, 0.1) is 4.88 Å². The van der Waals surface area contributed by atoms with Gasteiger partial charge in [0.2, 0.25) is 5.95 Å². The molecule has 0 radical (unpaired) electrons. The van der Waals surface area contributed by atoms with Gasteiger partial charge in [-0.3, -0.25) is 4.57 Å². The van der Waals surface area contributed by atoms with Gasteiger partial charge in [0.1, 0.15) is 0 Å². The predicted octanol–water partition coefficient (Wildman–Crippen LogP) is 2.95. The van der Waals surface area contributed by atoms with Crippen LogP contribution in [-0.4, -0.2) is 21.3 Å². The van der Waals surface area contributed by atoms with E-state index in [1.807, 2.05) is 11.3 Å². The van der Waals surface area contributed by atoms with E-state index in [0.29, 0.717) is 0 Å². The van der Waals surface area contributed by atoms with Crippen molar-refractivity contribution in [3.63, 3.8) is 0 Å². The molecular weight excluding hydrogens is 244 g/mol. The number of fused-ring (bicyclic) bond motifs is 1. The molecule has 0 saturated carbocycles. The molecule has 3 rings (SSSR count). The first-order valence-electron chi connectivity index (χ1n) is 6.62. The third-order valence-corrected chi connectivity index (χ3v) is 4.60. The van der Waals surface area contributed by atoms with Crippen LogP contribution in [0.25, 0.3) is 10.7 Å². The Balaban J connectivity index is 2.00. The average Bonchev–Trinajstić information content (AvgIpc) is 3.00. The Hall–Kier alpha value is -1.36. The van der Waals surface area contributed by atoms with E-state index in [0.717, 1.165) is 24.9 Å². The highest BCUT2D eigenvalue weighted by Gasteiger charge is 2.19. The van der Waals surface area contributed by atoms with E-state index in [9.17, 15) is 0 Å². The van der Waals surface area contributed by atoms with Gasteiger partial charge in [-0.1, -0.05) is 0 Å². The minimum Gasteiger partial charge on any atom is -0.355 e. The molecule has 1 aliphatic rings. The second-order valence-corrected chi connectivity index (χ2v) is 5.67. The molecule has 2 aromatic rings. The van der Waals surface area contributed by atoms with Crippen molar-refractivity contribution in [1.82, 2.24) is 14.8 Å². The predicted molar refractivity (Wildman–Crippen MR) is 75.2 cm³/mol. The Morgan fingerprint density at radius 3 is 2.94 bits per heavy atom. The summed E-state index contributed by atoms with van der Waals surface area (Å²) in [5, 5.41) is 11.9. The van der Waals surface area contributed by atoms with Crippen LogP contribution in [0, 0.1) is 0 Å². The maximum absolute atomic E-state index is 4.35. The van der Waals surface area contributed by atoms with E-state index in [4.69, 9.17) is 0 Å². The van der Waals surface area contributed by atoms with Crippen molar-refractivity contribution in [1.29, 1.82) is 0 Å². The van der Waals surface area contributed by atoms with Gasteiger partial charge in [0, 0.05) is 18.0 Å². The van der Waals surface area contributed by atoms with Gasteiger partial charge in [-0.15, -0.1) is 21.5 Å². The Kier molecular flexibility index (Phi) is 3.07. The standard InChI is InChI=1S/C13H18N4S/c1-3-14-13-16-15-12(17(13)4-2)11-8-9-6-5-7-10(9)18-11/h8H,3-7H2,1-2H3,(H,14,16). The van der Waals surface area contributed by atoms with Crippen LogP contribution in [0.2, 0.25) is 0 Å². The number of hydrogen-bond donors (Lipinski definition) is 1. The van der Waals surface area contributed by atoms with Crippen molar-refractivity contribution in [3.8, 4) is 10.7 Å². The fourth-order valence-electron chi connectivity index (χ4n) is 2.51. The minimum absolute atomic E-state index is 0.874. The summed E-state index contributed by atoms with van der Waals surface area (Å²) in [6, 6.07) is 2.30. The highest BCUT2D eigenvalue weighted by Crippen LogP contribution is 2.36. The van der Waals surface area contributed by atoms with Gasteiger partial charge >= 0.3 is 0 Å². The number of aryl methyl sites for hydroxylation is 2. The van der Waals surface area contributed by atoms with Crippen LogP contribution < -0.4 is 5.32 Å². The quantitative estimate of drug-likeness (QED) is 0.921. The van der Waals surface area contributed by atoms with Crippen molar-refractivity contribution < 1.29 is 0 Å². The Labute approximate surface area is 111 Å². The van der Waals surface area contributed by atoms with Crippen LogP contribution in [0.5, 0.6) is 0 Å². The van der Waals surface area contributed by atoms with Gasteiger partial charge in [0.25, 0.3) is 0 Å². The fourth-order valence-corrected chi connectivity index (χ4v) is 3.76. The largest absolute Gasteiger partial charge is 0.355 e. The summed E-state index contributed by atoms with van der Waals surface area (Å²) in [6.07, 6.45) is 3.77. The molecule has 0 unspecified atom stereocenters. The first-order chi connectivity index (χ1) is 8.83. The maximum atomic E-state index is 4.35. The normalized spacial score (nSPS) is 13.9. The molecular formula is C13H18N4S. The lowest BCUT2D eigenvalue weighted by atomic mass is 10.2. The number of hydrogen-bond acceptors (Lipinski definition) is 4. The molecule has 18 heavy (non-hydrogen) atoms. The molecule has 2 heterocycles. The molecule has 1 N–H and O–H groups in total. The monoisotopic (exact) mass is 262 g/mol. The molecule has 5 heteroatoms. The molecule has 0 bridgehead atoms. The second-order valence-electron chi connectivity index (χ2n) is 4.53. The number of nitrogens with one attached hydrogen (secondary N) is 1. The Morgan fingerprint density at radius 1 is 1.33 bits per heavy atom. The topological polar surface area (TPSA) is 42.7 Å². The van der Waals surface area contributed by atoms with Crippen LogP contribution >= 0.6 is 11.3 Å². The summed E-state index contributed by atoms with van der Waals surface area (Å²) < 4.78 is 2.16. The van der Waals surface area contributed by atoms with Gasteiger partial charge < -0.3 is 5.32 Å². The fraction of sp³-hybridized carbons (Fsp3) is 0.538. The van der Waals surface area contributed by atoms with Crippen molar-refractivity contribution in [3.05, 3.63) is 16.5 Å². The first kappa shape index (κ1) is 11.7. The zero-order valence-corrected chi connectivity index (χ0v) is 11.7. The number of aromatic nitrogens is 3. The summed E-state index contributed by atoms with van der Waals surface area (Å²) >= 11 is 1.88. The Morgan fingerprint density at radius 2 is 2.22 bits per heavy atom. The summed E-state index contributed by atoms with van der Waals surface area (Å²) in [6.45, 7) is 5.98. The SMILES string of the molecule is CCNc1nnc(-c2cc3c(s2)CCC3)n1CC. The maximum Gasteiger partial charge on any atom is 0.224 e. The molecule has 1 aliphatic carbocycles. The second kappa shape index (κ2) is 4.72. The van der Waals surface area contributed by atoms with Gasteiger partial charge in [0.15, 0.2) is 5.82 Å². The van der Waals surface area contributed by atoms with Crippen LogP contribution in [0.3, 0.4) is 0 Å². The van der Waals surface area contributed by atoms with Crippen molar-refractivity contribution >= 4 is 17.3 Å². The van der Waals surface area contributed by atoms with Crippen molar-refractivity contribution in [2.75, 3.05) is 11.9 Å². The number of thiophene rings is 1. The Bertz CT molecular complexity index is 534. The van der Waals surface area contributed by atoms with Crippen molar-refractivity contribution in [2.24, 2.45) is 0 Å². The average molecular weight is 262 g/mol. The van der Waals surface area contributed by atoms with E-state index >= 15 is 0 Å². The molecule has 0 aromatic carbocycles. The van der Waals surface area contributed by atoms with Crippen LogP contribution in [0.1, 0.15) is 30.7 Å². The smallest absolute Gasteiger partial charge is 0.224 e. The molecule has 0 aliphatic heterocycles. The molecule has 0 spiro atoms. The number of anilines is 1. The lowest BCUT2D eigenvalue weighted by Crippen LogP contribution is -2.06. The van der Waals surface area contributed by atoms with Gasteiger partial charge in [-0.2, -0.15) is 0 Å². The highest BCUT2D eigenvalue weighted by atomic mass is 32.1. The van der Waals surface area contributed by atoms with Gasteiger partial charge in [-0.05, 0) is 44.7 Å². The van der Waals surface area contributed by atoms with Crippen LogP contribution in [0.15, 0.2) is 6.07 Å². The van der Waals surface area contributed by atoms with Crippen molar-refractivity contribution in [2.45, 2.75) is 39.7 Å². The third kappa shape index (κ3) is 1.82. The molecule has 0 amide bonds. The first-order valence-corrected chi connectivity index (χ1v) is 7.44. The molecule has 0 atom stereocenters. The van der Waals surface area contributed by atoms with Crippen LogP contribution in [-0.2, 0) is 19.4 Å². The third-order valence-electron chi connectivity index (χ3n) is 3.37. The zero-order chi connectivity index (χ0) is 12.5. The summed E-state index contributed by atoms with van der Waals surface area (Å²) in [7, 11) is 0. The summed E-state index contributed by atoms with van der Waals surface area (Å²) in [5.74, 6) is 1.89. The molecule has 0 saturated heterocycles. The molecule has 4 nitrogen and oxygen atoms in total. The van der Waals surface area contributed by atoms with E-state index in [1.165, 1.54) is 29.7 Å².